The van der Waals surface area contributed by atoms with Crippen molar-refractivity contribution >= 4 is 37.4 Å². The third kappa shape index (κ3) is 4.41. The Morgan fingerprint density at radius 1 is 0.704 bits per heavy atom. The molecule has 0 atom stereocenters. The minimum absolute atomic E-state index is 0.00119. The molecule has 0 aliphatic heterocycles. The lowest BCUT2D eigenvalue weighted by atomic mass is 10.3. The van der Waals surface area contributed by atoms with Crippen LogP contribution in [0.5, 0.6) is 5.75 Å². The summed E-state index contributed by atoms with van der Waals surface area (Å²) in [6.45, 7) is 0. The Morgan fingerprint density at radius 2 is 1.26 bits per heavy atom. The van der Waals surface area contributed by atoms with Crippen molar-refractivity contribution in [3.8, 4) is 5.75 Å². The van der Waals surface area contributed by atoms with E-state index in [4.69, 9.17) is 15.8 Å². The zero-order valence-corrected chi connectivity index (χ0v) is 16.1. The SMILES string of the molecule is O=S(=O)(Nc1cccc(OS(=O)(=O)c2ccccc2)c1Cl)c1ccccc1. The third-order valence-electron chi connectivity index (χ3n) is 3.49. The highest BCUT2D eigenvalue weighted by molar-refractivity contribution is 7.92. The summed E-state index contributed by atoms with van der Waals surface area (Å²) < 4.78 is 57.0. The van der Waals surface area contributed by atoms with Crippen molar-refractivity contribution in [2.45, 2.75) is 9.79 Å². The predicted octanol–water partition coefficient (Wildman–Crippen LogP) is 3.91. The molecule has 140 valence electrons. The lowest BCUT2D eigenvalue weighted by Gasteiger charge is -2.13. The number of hydrogen-bond donors (Lipinski definition) is 1. The highest BCUT2D eigenvalue weighted by Gasteiger charge is 2.21. The van der Waals surface area contributed by atoms with Gasteiger partial charge in [0, 0.05) is 0 Å². The van der Waals surface area contributed by atoms with E-state index < -0.39 is 20.1 Å². The summed E-state index contributed by atoms with van der Waals surface area (Å²) in [5.41, 5.74) is 0.00119. The van der Waals surface area contributed by atoms with Crippen molar-refractivity contribution in [3.63, 3.8) is 0 Å². The number of halogens is 1. The Morgan fingerprint density at radius 3 is 1.85 bits per heavy atom. The van der Waals surface area contributed by atoms with Crippen molar-refractivity contribution in [2.24, 2.45) is 0 Å². The fraction of sp³-hybridized carbons (Fsp3) is 0. The van der Waals surface area contributed by atoms with Crippen LogP contribution in [0.2, 0.25) is 5.02 Å². The van der Waals surface area contributed by atoms with E-state index in [1.54, 1.807) is 36.4 Å². The average molecular weight is 424 g/mol. The summed E-state index contributed by atoms with van der Waals surface area (Å²) >= 11 is 6.18. The fourth-order valence-electron chi connectivity index (χ4n) is 2.21. The molecule has 0 saturated carbocycles. The number of nitrogens with one attached hydrogen (secondary N) is 1. The summed E-state index contributed by atoms with van der Waals surface area (Å²) in [4.78, 5) is 0.000584. The van der Waals surface area contributed by atoms with Crippen LogP contribution in [-0.4, -0.2) is 16.8 Å². The molecular formula is C18H14ClNO5S2. The third-order valence-corrected chi connectivity index (χ3v) is 6.51. The van der Waals surface area contributed by atoms with Crippen LogP contribution in [0.3, 0.4) is 0 Å². The Kier molecular flexibility index (Phi) is 5.41. The van der Waals surface area contributed by atoms with Gasteiger partial charge in [0.25, 0.3) is 10.0 Å². The van der Waals surface area contributed by atoms with Gasteiger partial charge in [-0.2, -0.15) is 8.42 Å². The van der Waals surface area contributed by atoms with Gasteiger partial charge in [-0.25, -0.2) is 8.42 Å². The quantitative estimate of drug-likeness (QED) is 0.607. The number of sulfonamides is 1. The summed E-state index contributed by atoms with van der Waals surface area (Å²) in [6.07, 6.45) is 0. The Hall–Kier alpha value is -2.55. The minimum atomic E-state index is -4.11. The molecule has 3 rings (SSSR count). The molecule has 27 heavy (non-hydrogen) atoms. The van der Waals surface area contributed by atoms with E-state index >= 15 is 0 Å². The summed E-state index contributed by atoms with van der Waals surface area (Å²) in [5.74, 6) is -0.186. The van der Waals surface area contributed by atoms with Crippen molar-refractivity contribution < 1.29 is 21.0 Å². The van der Waals surface area contributed by atoms with Crippen LogP contribution >= 0.6 is 11.6 Å². The van der Waals surface area contributed by atoms with Crippen LogP contribution in [0.1, 0.15) is 0 Å². The van der Waals surface area contributed by atoms with Crippen LogP contribution in [0.25, 0.3) is 0 Å². The molecule has 0 heterocycles. The van der Waals surface area contributed by atoms with Gasteiger partial charge in [0.15, 0.2) is 5.75 Å². The molecule has 0 aliphatic rings. The first-order chi connectivity index (χ1) is 12.8. The average Bonchev–Trinajstić information content (AvgIpc) is 2.66. The second-order valence-corrected chi connectivity index (χ2v) is 8.99. The Bertz CT molecular complexity index is 1060. The molecule has 0 aliphatic carbocycles. The minimum Gasteiger partial charge on any atom is -0.377 e. The largest absolute Gasteiger partial charge is 0.377 e. The second kappa shape index (κ2) is 7.59. The molecule has 0 saturated heterocycles. The summed E-state index contributed by atoms with van der Waals surface area (Å²) in [7, 11) is -8.00. The van der Waals surface area contributed by atoms with E-state index in [1.165, 1.54) is 42.5 Å². The van der Waals surface area contributed by atoms with Crippen molar-refractivity contribution in [1.29, 1.82) is 0 Å². The van der Waals surface area contributed by atoms with Gasteiger partial charge in [0.2, 0.25) is 0 Å². The van der Waals surface area contributed by atoms with Gasteiger partial charge in [0.05, 0.1) is 10.6 Å². The van der Waals surface area contributed by atoms with E-state index in [1.807, 2.05) is 0 Å². The molecule has 0 amide bonds. The van der Waals surface area contributed by atoms with Gasteiger partial charge in [0.1, 0.15) is 9.92 Å². The van der Waals surface area contributed by atoms with E-state index in [9.17, 15) is 16.8 Å². The first-order valence-electron chi connectivity index (χ1n) is 7.65. The van der Waals surface area contributed by atoms with Crippen LogP contribution in [0.4, 0.5) is 5.69 Å². The van der Waals surface area contributed by atoms with E-state index in [0.717, 1.165) is 0 Å². The summed E-state index contributed by atoms with van der Waals surface area (Å²) in [6, 6.07) is 19.4. The first kappa shape index (κ1) is 19.2. The molecule has 0 spiro atoms. The van der Waals surface area contributed by atoms with Gasteiger partial charge in [-0.1, -0.05) is 54.1 Å². The van der Waals surface area contributed by atoms with Gasteiger partial charge < -0.3 is 4.18 Å². The zero-order valence-electron chi connectivity index (χ0n) is 13.7. The van der Waals surface area contributed by atoms with Crippen LogP contribution in [0, 0.1) is 0 Å². The van der Waals surface area contributed by atoms with Gasteiger partial charge in [-0.15, -0.1) is 0 Å². The summed E-state index contributed by atoms with van der Waals surface area (Å²) in [5, 5.41) is -0.170. The standard InChI is InChI=1S/C18H14ClNO5S2/c19-18-16(20-26(21,22)14-8-3-1-4-9-14)12-7-13-17(18)25-27(23,24)15-10-5-2-6-11-15/h1-13,20H. The maximum atomic E-state index is 12.4. The number of rotatable bonds is 6. The maximum Gasteiger partial charge on any atom is 0.339 e. The van der Waals surface area contributed by atoms with Gasteiger partial charge >= 0.3 is 10.1 Å². The smallest absolute Gasteiger partial charge is 0.339 e. The molecule has 6 nitrogen and oxygen atoms in total. The molecule has 0 unspecified atom stereocenters. The Labute approximate surface area is 162 Å². The lowest BCUT2D eigenvalue weighted by Crippen LogP contribution is -2.14. The highest BCUT2D eigenvalue weighted by Crippen LogP contribution is 2.35. The van der Waals surface area contributed by atoms with Gasteiger partial charge in [-0.3, -0.25) is 4.72 Å². The molecule has 3 aromatic carbocycles. The normalized spacial score (nSPS) is 11.7. The van der Waals surface area contributed by atoms with E-state index in [2.05, 4.69) is 4.72 Å². The van der Waals surface area contributed by atoms with Gasteiger partial charge in [-0.05, 0) is 36.4 Å². The van der Waals surface area contributed by atoms with Crippen molar-refractivity contribution in [2.75, 3.05) is 4.72 Å². The monoisotopic (exact) mass is 423 g/mol. The van der Waals surface area contributed by atoms with Crippen LogP contribution < -0.4 is 8.91 Å². The Balaban J connectivity index is 1.91. The van der Waals surface area contributed by atoms with E-state index in [-0.39, 0.29) is 26.3 Å². The highest BCUT2D eigenvalue weighted by atomic mass is 35.5. The van der Waals surface area contributed by atoms with Crippen LogP contribution in [-0.2, 0) is 20.1 Å². The molecule has 9 heteroatoms. The van der Waals surface area contributed by atoms with E-state index in [0.29, 0.717) is 0 Å². The molecule has 0 bridgehead atoms. The topological polar surface area (TPSA) is 89.5 Å². The zero-order chi connectivity index (χ0) is 19.5. The fourth-order valence-corrected chi connectivity index (χ4v) is 4.58. The number of benzene rings is 3. The molecule has 0 aromatic heterocycles. The first-order valence-corrected chi connectivity index (χ1v) is 10.9. The van der Waals surface area contributed by atoms with Crippen molar-refractivity contribution in [3.05, 3.63) is 83.9 Å². The second-order valence-electron chi connectivity index (χ2n) is 5.39. The van der Waals surface area contributed by atoms with Crippen LogP contribution in [0.15, 0.2) is 88.7 Å². The molecule has 0 radical (unpaired) electrons. The number of anilines is 1. The molecular weight excluding hydrogens is 410 g/mol. The predicted molar refractivity (Wildman–Crippen MR) is 103 cm³/mol. The molecule has 1 N–H and O–H groups in total. The number of hydrogen-bond acceptors (Lipinski definition) is 5. The lowest BCUT2D eigenvalue weighted by molar-refractivity contribution is 0.486. The molecule has 0 fully saturated rings. The van der Waals surface area contributed by atoms with Crippen molar-refractivity contribution in [1.82, 2.24) is 0 Å². The maximum absolute atomic E-state index is 12.4. The molecule has 3 aromatic rings.